The molecule has 11 heteroatoms. The smallest absolute Gasteiger partial charge is 0.326 e. The summed E-state index contributed by atoms with van der Waals surface area (Å²) in [6.45, 7) is 2.54. The fourth-order valence-electron chi connectivity index (χ4n) is 5.08. The Balaban J connectivity index is 1.47. The molecular weight excluding hydrogens is 442 g/mol. The minimum atomic E-state index is -0.966. The van der Waals surface area contributed by atoms with Crippen LogP contribution in [0.15, 0.2) is 18.5 Å². The highest BCUT2D eigenvalue weighted by Crippen LogP contribution is 2.66. The number of hydrogen-bond donors (Lipinski definition) is 4. The number of halogens is 2. The maximum absolute atomic E-state index is 15.0. The van der Waals surface area contributed by atoms with E-state index >= 15 is 4.39 Å². The van der Waals surface area contributed by atoms with E-state index in [0.717, 1.165) is 18.9 Å². The van der Waals surface area contributed by atoms with E-state index in [4.69, 9.17) is 10.5 Å². The molecule has 0 amide bonds. The van der Waals surface area contributed by atoms with Crippen LogP contribution >= 0.6 is 0 Å². The van der Waals surface area contributed by atoms with Crippen molar-refractivity contribution in [3.05, 3.63) is 35.9 Å². The summed E-state index contributed by atoms with van der Waals surface area (Å²) in [7, 11) is 1.64. The second-order valence-corrected chi connectivity index (χ2v) is 9.04. The first-order chi connectivity index (χ1) is 16.4. The van der Waals surface area contributed by atoms with Crippen LogP contribution in [0.1, 0.15) is 25.6 Å². The topological polar surface area (TPSA) is 127 Å². The number of ether oxygens (including phenoxy) is 1. The number of aromatic nitrogens is 5. The van der Waals surface area contributed by atoms with Crippen molar-refractivity contribution in [2.75, 3.05) is 24.2 Å². The number of nitrogens with one attached hydrogen (secondary N) is 3. The Hall–Kier alpha value is -3.60. The quantitative estimate of drug-likeness (QED) is 0.325. The molecule has 3 heterocycles. The summed E-state index contributed by atoms with van der Waals surface area (Å²) in [5, 5.41) is 6.67. The van der Waals surface area contributed by atoms with Crippen LogP contribution in [-0.2, 0) is 6.42 Å². The molecule has 2 aliphatic carbocycles. The van der Waals surface area contributed by atoms with E-state index in [1.807, 2.05) is 6.92 Å². The van der Waals surface area contributed by atoms with Crippen molar-refractivity contribution < 1.29 is 13.5 Å². The number of aryl methyl sites for hydroxylation is 1. The molecule has 0 radical (unpaired) electrons. The van der Waals surface area contributed by atoms with Gasteiger partial charge in [0.15, 0.2) is 17.4 Å². The zero-order valence-electron chi connectivity index (χ0n) is 18.7. The summed E-state index contributed by atoms with van der Waals surface area (Å²) in [6, 6.07) is 1.27. The fourth-order valence-corrected chi connectivity index (χ4v) is 5.08. The van der Waals surface area contributed by atoms with Gasteiger partial charge in [-0.05, 0) is 18.8 Å². The van der Waals surface area contributed by atoms with Crippen LogP contribution in [0.4, 0.5) is 20.3 Å². The highest BCUT2D eigenvalue weighted by molar-refractivity contribution is 6.14. The lowest BCUT2D eigenvalue weighted by Crippen LogP contribution is -2.45. The van der Waals surface area contributed by atoms with E-state index < -0.39 is 11.6 Å². The summed E-state index contributed by atoms with van der Waals surface area (Å²) in [5.74, 6) is 0.0850. The van der Waals surface area contributed by atoms with E-state index in [0.29, 0.717) is 58.5 Å². The number of H-pyrrole nitrogens is 1. The van der Waals surface area contributed by atoms with E-state index in [1.165, 1.54) is 0 Å². The molecule has 0 saturated heterocycles. The van der Waals surface area contributed by atoms with Crippen molar-refractivity contribution in [2.45, 2.75) is 32.2 Å². The Morgan fingerprint density at radius 2 is 2.03 bits per heavy atom. The van der Waals surface area contributed by atoms with Crippen LogP contribution in [0.5, 0.6) is 11.8 Å². The maximum Gasteiger partial charge on any atom is 0.326 e. The average molecular weight is 466 g/mol. The van der Waals surface area contributed by atoms with Gasteiger partial charge in [0, 0.05) is 37.5 Å². The van der Waals surface area contributed by atoms with Gasteiger partial charge >= 0.3 is 6.01 Å². The second-order valence-electron chi connectivity index (χ2n) is 9.04. The maximum atomic E-state index is 15.0. The number of nitrogens with zero attached hydrogens (tertiary/aromatic N) is 4. The first-order valence-corrected chi connectivity index (χ1v) is 11.3. The molecule has 5 N–H and O–H groups in total. The van der Waals surface area contributed by atoms with E-state index in [1.54, 1.807) is 19.4 Å². The van der Waals surface area contributed by atoms with Crippen molar-refractivity contribution >= 4 is 33.4 Å². The molecule has 4 aromatic rings. The zero-order valence-corrected chi connectivity index (χ0v) is 18.7. The molecule has 0 bridgehead atoms. The predicted molar refractivity (Wildman–Crippen MR) is 124 cm³/mol. The number of anilines is 2. The Labute approximate surface area is 193 Å². The highest BCUT2D eigenvalue weighted by atomic mass is 19.2. The molecule has 9 nitrogen and oxygen atoms in total. The Morgan fingerprint density at radius 3 is 2.68 bits per heavy atom. The molecule has 2 unspecified atom stereocenters. The van der Waals surface area contributed by atoms with E-state index in [-0.39, 0.29) is 22.9 Å². The van der Waals surface area contributed by atoms with Crippen LogP contribution in [0.25, 0.3) is 21.9 Å². The molecule has 1 aromatic carbocycles. The summed E-state index contributed by atoms with van der Waals surface area (Å²) in [4.78, 5) is 20.5. The van der Waals surface area contributed by atoms with Crippen LogP contribution in [0.3, 0.4) is 0 Å². The SMILES string of the molecule is CCc1ncc(Oc2nc(NCC34CC3C[C@H]4N)c3c(n2)[nH]c2c(NC)cc(F)c(F)c23)cn1. The lowest BCUT2D eigenvalue weighted by Gasteiger charge is -2.33. The molecular formula is C23H24F2N8O. The first kappa shape index (κ1) is 21.0. The highest BCUT2D eigenvalue weighted by Gasteiger charge is 2.66. The molecule has 176 valence electrons. The standard InChI is InChI=1S/C23H24F2N8O/c1-3-15-28-7-11(8-29-15)34-22-32-20(30-9-23-6-10(23)4-14(23)26)17-16-18(25)12(24)5-13(27-2)19(16)31-21(17)33-22/h5,7-8,10,14,27H,3-4,6,9,26H2,1-2H3,(H2,30,31,32,33)/t10?,14-,23?/m1/s1. The largest absolute Gasteiger partial charge is 0.421 e. The van der Waals surface area contributed by atoms with Gasteiger partial charge in [0.05, 0.1) is 34.4 Å². The fraction of sp³-hybridized carbons (Fsp3) is 0.391. The van der Waals surface area contributed by atoms with Gasteiger partial charge in [0.25, 0.3) is 0 Å². The molecule has 0 spiro atoms. The van der Waals surface area contributed by atoms with Gasteiger partial charge in [-0.3, -0.25) is 0 Å². The summed E-state index contributed by atoms with van der Waals surface area (Å²) >= 11 is 0. The van der Waals surface area contributed by atoms with Crippen molar-refractivity contribution in [1.29, 1.82) is 0 Å². The summed E-state index contributed by atoms with van der Waals surface area (Å²) < 4.78 is 35.3. The lowest BCUT2D eigenvalue weighted by molar-refractivity contribution is 0.252. The molecule has 2 aliphatic rings. The Kier molecular flexibility index (Phi) is 4.60. The van der Waals surface area contributed by atoms with Crippen molar-refractivity contribution in [2.24, 2.45) is 17.1 Å². The van der Waals surface area contributed by atoms with Crippen LogP contribution in [-0.4, -0.2) is 44.6 Å². The third kappa shape index (κ3) is 3.07. The Bertz CT molecular complexity index is 1420. The Morgan fingerprint density at radius 1 is 1.24 bits per heavy atom. The lowest BCUT2D eigenvalue weighted by atomic mass is 9.79. The van der Waals surface area contributed by atoms with Crippen molar-refractivity contribution in [3.8, 4) is 11.8 Å². The van der Waals surface area contributed by atoms with Crippen molar-refractivity contribution in [1.82, 2.24) is 24.9 Å². The van der Waals surface area contributed by atoms with Gasteiger partial charge in [-0.1, -0.05) is 6.92 Å². The second kappa shape index (κ2) is 7.45. The third-order valence-corrected chi connectivity index (χ3v) is 7.22. The third-order valence-electron chi connectivity index (χ3n) is 7.22. The number of rotatable bonds is 7. The van der Waals surface area contributed by atoms with Gasteiger partial charge in [-0.15, -0.1) is 0 Å². The summed E-state index contributed by atoms with van der Waals surface area (Å²) in [6.07, 6.45) is 5.87. The number of aromatic amines is 1. The molecule has 34 heavy (non-hydrogen) atoms. The summed E-state index contributed by atoms with van der Waals surface area (Å²) in [5.41, 5.74) is 7.40. The minimum absolute atomic E-state index is 0.0315. The predicted octanol–water partition coefficient (Wildman–Crippen LogP) is 3.72. The van der Waals surface area contributed by atoms with E-state index in [9.17, 15) is 4.39 Å². The van der Waals surface area contributed by atoms with Gasteiger partial charge < -0.3 is 26.1 Å². The monoisotopic (exact) mass is 466 g/mol. The van der Waals surface area contributed by atoms with Gasteiger partial charge in [-0.25, -0.2) is 18.7 Å². The number of fused-ring (bicyclic) bond motifs is 4. The van der Waals surface area contributed by atoms with Crippen LogP contribution in [0, 0.1) is 23.0 Å². The van der Waals surface area contributed by atoms with Crippen molar-refractivity contribution in [3.63, 3.8) is 0 Å². The molecule has 2 saturated carbocycles. The minimum Gasteiger partial charge on any atom is -0.421 e. The van der Waals surface area contributed by atoms with Crippen LogP contribution < -0.4 is 21.1 Å². The average Bonchev–Trinajstić information content (AvgIpc) is 3.25. The number of hydrogen-bond acceptors (Lipinski definition) is 8. The number of benzene rings is 1. The van der Waals surface area contributed by atoms with Crippen LogP contribution in [0.2, 0.25) is 0 Å². The molecule has 2 fully saturated rings. The first-order valence-electron chi connectivity index (χ1n) is 11.3. The molecule has 3 atom stereocenters. The molecule has 0 aliphatic heterocycles. The van der Waals surface area contributed by atoms with Gasteiger partial charge in [-0.2, -0.15) is 9.97 Å². The van der Waals surface area contributed by atoms with E-state index in [2.05, 4.69) is 35.6 Å². The molecule has 6 rings (SSSR count). The zero-order chi connectivity index (χ0) is 23.6. The number of nitrogens with two attached hydrogens (primary N) is 1. The molecule has 3 aromatic heterocycles. The van der Waals surface area contributed by atoms with Gasteiger partial charge in [0.1, 0.15) is 17.3 Å². The van der Waals surface area contributed by atoms with Gasteiger partial charge in [0.2, 0.25) is 0 Å². The normalized spacial score (nSPS) is 23.0.